The van der Waals surface area contributed by atoms with E-state index in [1.165, 1.54) is 28.1 Å². The summed E-state index contributed by atoms with van der Waals surface area (Å²) in [6.07, 6.45) is 1.52. The van der Waals surface area contributed by atoms with Gasteiger partial charge in [-0.15, -0.1) is 0 Å². The van der Waals surface area contributed by atoms with Gasteiger partial charge in [0.1, 0.15) is 11.5 Å². The first-order valence-electron chi connectivity index (χ1n) is 6.45. The maximum absolute atomic E-state index is 6.23. The average Bonchev–Trinajstić information content (AvgIpc) is 2.75. The second-order valence-electron chi connectivity index (χ2n) is 5.03. The first-order chi connectivity index (χ1) is 9.68. The first kappa shape index (κ1) is 11.7. The van der Waals surface area contributed by atoms with E-state index in [4.69, 9.17) is 11.6 Å². The summed E-state index contributed by atoms with van der Waals surface area (Å²) in [7, 11) is 2.09. The number of halogens is 1. The van der Waals surface area contributed by atoms with Crippen molar-refractivity contribution in [2.75, 3.05) is 0 Å². The molecule has 0 spiro atoms. The lowest BCUT2D eigenvalue weighted by molar-refractivity contribution is 1.01. The fraction of sp³-hybridized carbons (Fsp3) is 0.125. The number of aryl methyl sites for hydroxylation is 2. The summed E-state index contributed by atoms with van der Waals surface area (Å²) in [5, 5.41) is 3.85. The molecule has 98 valence electrons. The van der Waals surface area contributed by atoms with Gasteiger partial charge >= 0.3 is 0 Å². The normalized spacial score (nSPS) is 11.8. The first-order valence-corrected chi connectivity index (χ1v) is 6.83. The third-order valence-corrected chi connectivity index (χ3v) is 4.28. The van der Waals surface area contributed by atoms with Crippen molar-refractivity contribution in [2.45, 2.75) is 6.92 Å². The molecule has 0 fully saturated rings. The molecule has 0 bridgehead atoms. The van der Waals surface area contributed by atoms with E-state index in [1.807, 2.05) is 0 Å². The zero-order valence-electron chi connectivity index (χ0n) is 11.2. The van der Waals surface area contributed by atoms with E-state index in [0.717, 1.165) is 16.5 Å². The summed E-state index contributed by atoms with van der Waals surface area (Å²) in [6, 6.07) is 10.5. The summed E-state index contributed by atoms with van der Waals surface area (Å²) >= 11 is 6.23. The molecule has 0 aliphatic rings. The predicted molar refractivity (Wildman–Crippen MR) is 83.3 cm³/mol. The van der Waals surface area contributed by atoms with E-state index in [0.29, 0.717) is 5.15 Å². The van der Waals surface area contributed by atoms with Crippen molar-refractivity contribution in [3.8, 4) is 0 Å². The van der Waals surface area contributed by atoms with Crippen LogP contribution >= 0.6 is 11.6 Å². The Labute approximate surface area is 120 Å². The van der Waals surface area contributed by atoms with Crippen LogP contribution < -0.4 is 0 Å². The van der Waals surface area contributed by atoms with Gasteiger partial charge in [0, 0.05) is 28.7 Å². The lowest BCUT2D eigenvalue weighted by Crippen LogP contribution is -1.93. The Morgan fingerprint density at radius 3 is 2.70 bits per heavy atom. The Hall–Kier alpha value is -2.13. The van der Waals surface area contributed by atoms with Gasteiger partial charge in [0.25, 0.3) is 0 Å². The van der Waals surface area contributed by atoms with E-state index < -0.39 is 0 Å². The smallest absolute Gasteiger partial charge is 0.140 e. The minimum atomic E-state index is 0.507. The molecule has 0 saturated carbocycles. The van der Waals surface area contributed by atoms with E-state index in [9.17, 15) is 0 Å². The van der Waals surface area contributed by atoms with E-state index in [1.54, 1.807) is 0 Å². The Morgan fingerprint density at radius 1 is 1.05 bits per heavy atom. The zero-order valence-corrected chi connectivity index (χ0v) is 11.9. The van der Waals surface area contributed by atoms with E-state index in [2.05, 4.69) is 58.8 Å². The number of rotatable bonds is 0. The number of hydrogen-bond donors (Lipinski definition) is 0. The van der Waals surface area contributed by atoms with Gasteiger partial charge in [0.05, 0.1) is 11.0 Å². The molecule has 0 saturated heterocycles. The summed E-state index contributed by atoms with van der Waals surface area (Å²) < 4.78 is 2.22. The van der Waals surface area contributed by atoms with Crippen LogP contribution in [0.2, 0.25) is 5.15 Å². The maximum atomic E-state index is 6.23. The Morgan fingerprint density at radius 2 is 1.85 bits per heavy atom. The van der Waals surface area contributed by atoms with Gasteiger partial charge < -0.3 is 4.57 Å². The SMILES string of the molecule is Cc1c2ncnc(Cl)c2cc2c3ccccc3n(C)c12. The summed E-state index contributed by atoms with van der Waals surface area (Å²) in [5.41, 5.74) is 4.47. The number of para-hydroxylation sites is 1. The molecular weight excluding hydrogens is 270 g/mol. The number of fused-ring (bicyclic) bond motifs is 4. The van der Waals surface area contributed by atoms with Crippen LogP contribution in [-0.4, -0.2) is 14.5 Å². The van der Waals surface area contributed by atoms with Crippen molar-refractivity contribution >= 4 is 44.3 Å². The quantitative estimate of drug-likeness (QED) is 0.451. The number of benzene rings is 2. The van der Waals surface area contributed by atoms with Crippen LogP contribution in [0.4, 0.5) is 0 Å². The van der Waals surface area contributed by atoms with Gasteiger partial charge in [-0.05, 0) is 24.6 Å². The third kappa shape index (κ3) is 1.36. The number of hydrogen-bond acceptors (Lipinski definition) is 2. The molecule has 2 aromatic heterocycles. The summed E-state index contributed by atoms with van der Waals surface area (Å²) in [4.78, 5) is 8.48. The standard InChI is InChI=1S/C16H12ClN3/c1-9-14-12(16(17)19-8-18-14)7-11-10-5-3-4-6-13(10)20(2)15(9)11/h3-8H,1-2H3. The van der Waals surface area contributed by atoms with Gasteiger partial charge in [-0.25, -0.2) is 9.97 Å². The zero-order chi connectivity index (χ0) is 13.9. The fourth-order valence-corrected chi connectivity index (χ4v) is 3.27. The molecule has 3 nitrogen and oxygen atoms in total. The molecule has 0 aliphatic heterocycles. The molecule has 0 amide bonds. The van der Waals surface area contributed by atoms with Crippen LogP contribution in [0.5, 0.6) is 0 Å². The van der Waals surface area contributed by atoms with Crippen LogP contribution in [0.3, 0.4) is 0 Å². The molecule has 0 N–H and O–H groups in total. The predicted octanol–water partition coefficient (Wildman–Crippen LogP) is 4.24. The highest BCUT2D eigenvalue weighted by Crippen LogP contribution is 2.35. The molecule has 20 heavy (non-hydrogen) atoms. The molecular formula is C16H12ClN3. The van der Waals surface area contributed by atoms with Gasteiger partial charge in [0.15, 0.2) is 0 Å². The average molecular weight is 282 g/mol. The third-order valence-electron chi connectivity index (χ3n) is 3.98. The molecule has 4 heteroatoms. The molecule has 0 aliphatic carbocycles. The minimum absolute atomic E-state index is 0.507. The van der Waals surface area contributed by atoms with Crippen LogP contribution in [0.25, 0.3) is 32.7 Å². The van der Waals surface area contributed by atoms with E-state index in [-0.39, 0.29) is 0 Å². The largest absolute Gasteiger partial charge is 0.343 e. The van der Waals surface area contributed by atoms with Crippen molar-refractivity contribution in [3.63, 3.8) is 0 Å². The Balaban J connectivity index is 2.38. The molecule has 0 unspecified atom stereocenters. The van der Waals surface area contributed by atoms with Crippen molar-refractivity contribution in [2.24, 2.45) is 7.05 Å². The van der Waals surface area contributed by atoms with Crippen molar-refractivity contribution in [1.82, 2.24) is 14.5 Å². The highest BCUT2D eigenvalue weighted by Gasteiger charge is 2.14. The van der Waals surface area contributed by atoms with Crippen molar-refractivity contribution < 1.29 is 0 Å². The molecule has 0 radical (unpaired) electrons. The fourth-order valence-electron chi connectivity index (χ4n) is 3.08. The topological polar surface area (TPSA) is 30.7 Å². The molecule has 2 heterocycles. The second-order valence-corrected chi connectivity index (χ2v) is 5.39. The van der Waals surface area contributed by atoms with E-state index >= 15 is 0 Å². The maximum Gasteiger partial charge on any atom is 0.140 e. The van der Waals surface area contributed by atoms with Crippen molar-refractivity contribution in [1.29, 1.82) is 0 Å². The van der Waals surface area contributed by atoms with Crippen LogP contribution in [0, 0.1) is 6.92 Å². The molecule has 4 rings (SSSR count). The lowest BCUT2D eigenvalue weighted by atomic mass is 10.1. The highest BCUT2D eigenvalue weighted by molar-refractivity contribution is 6.34. The summed E-state index contributed by atoms with van der Waals surface area (Å²) in [5.74, 6) is 0. The van der Waals surface area contributed by atoms with Gasteiger partial charge in [-0.2, -0.15) is 0 Å². The Bertz CT molecular complexity index is 985. The number of nitrogens with zero attached hydrogens (tertiary/aromatic N) is 3. The minimum Gasteiger partial charge on any atom is -0.343 e. The highest BCUT2D eigenvalue weighted by atomic mass is 35.5. The van der Waals surface area contributed by atoms with Crippen LogP contribution in [0.15, 0.2) is 36.7 Å². The Kier molecular flexibility index (Phi) is 2.30. The van der Waals surface area contributed by atoms with Crippen molar-refractivity contribution in [3.05, 3.63) is 47.4 Å². The number of aromatic nitrogens is 3. The molecule has 4 aromatic rings. The van der Waals surface area contributed by atoms with Gasteiger partial charge in [-0.3, -0.25) is 0 Å². The van der Waals surface area contributed by atoms with Crippen LogP contribution in [0.1, 0.15) is 5.56 Å². The molecule has 0 atom stereocenters. The summed E-state index contributed by atoms with van der Waals surface area (Å²) in [6.45, 7) is 2.09. The molecule has 2 aromatic carbocycles. The van der Waals surface area contributed by atoms with Gasteiger partial charge in [0.2, 0.25) is 0 Å². The monoisotopic (exact) mass is 281 g/mol. The second kappa shape index (κ2) is 3.93. The lowest BCUT2D eigenvalue weighted by Gasteiger charge is -2.06. The van der Waals surface area contributed by atoms with Crippen LogP contribution in [-0.2, 0) is 7.05 Å². The van der Waals surface area contributed by atoms with Gasteiger partial charge in [-0.1, -0.05) is 29.8 Å².